The number of rotatable bonds is 2. The minimum Gasteiger partial charge on any atom is -0.431 e. The molecule has 140 valence electrons. The van der Waals surface area contributed by atoms with Crippen molar-refractivity contribution in [2.24, 2.45) is 4.99 Å². The second kappa shape index (κ2) is 6.37. The highest BCUT2D eigenvalue weighted by Crippen LogP contribution is 2.50. The predicted octanol–water partition coefficient (Wildman–Crippen LogP) is 4.85. The van der Waals surface area contributed by atoms with Crippen LogP contribution in [0.4, 0.5) is 17.6 Å². The summed E-state index contributed by atoms with van der Waals surface area (Å²) < 4.78 is 59.3. The van der Waals surface area contributed by atoms with Gasteiger partial charge in [0.15, 0.2) is 11.6 Å². The molecule has 4 nitrogen and oxygen atoms in total. The molecule has 0 radical (unpaired) electrons. The number of ether oxygens (including phenoxy) is 1. The van der Waals surface area contributed by atoms with Gasteiger partial charge in [-0.15, -0.1) is 0 Å². The van der Waals surface area contributed by atoms with Crippen LogP contribution in [-0.2, 0) is 10.3 Å². The largest absolute Gasteiger partial charge is 0.431 e. The Morgan fingerprint density at radius 2 is 2.19 bits per heavy atom. The fourth-order valence-electron chi connectivity index (χ4n) is 3.82. The lowest BCUT2D eigenvalue weighted by molar-refractivity contribution is -0.0906. The van der Waals surface area contributed by atoms with Gasteiger partial charge in [0.1, 0.15) is 23.6 Å². The van der Waals surface area contributed by atoms with Crippen molar-refractivity contribution in [3.8, 4) is 6.07 Å². The lowest BCUT2D eigenvalue weighted by Gasteiger charge is -2.35. The first-order chi connectivity index (χ1) is 12.8. The number of halogens is 5. The van der Waals surface area contributed by atoms with Crippen molar-refractivity contribution < 1.29 is 22.3 Å². The van der Waals surface area contributed by atoms with Crippen LogP contribution in [0.25, 0.3) is 0 Å². The average molecular weight is 442 g/mol. The Hall–Kier alpha value is -2.34. The van der Waals surface area contributed by atoms with Crippen LogP contribution in [-0.4, -0.2) is 23.9 Å². The van der Waals surface area contributed by atoms with Crippen LogP contribution in [0.2, 0.25) is 0 Å². The first-order valence-corrected chi connectivity index (χ1v) is 8.92. The molecule has 1 aromatic carbocycles. The Labute approximate surface area is 160 Å². The van der Waals surface area contributed by atoms with Crippen molar-refractivity contribution >= 4 is 21.8 Å². The van der Waals surface area contributed by atoms with Gasteiger partial charge in [0.25, 0.3) is 0 Å². The van der Waals surface area contributed by atoms with Gasteiger partial charge in [0.05, 0.1) is 16.6 Å². The third kappa shape index (κ3) is 2.83. The highest BCUT2D eigenvalue weighted by atomic mass is 79.9. The lowest BCUT2D eigenvalue weighted by Crippen LogP contribution is -2.36. The zero-order valence-electron chi connectivity index (χ0n) is 13.7. The number of benzene rings is 1. The molecule has 1 aromatic rings. The van der Waals surface area contributed by atoms with Crippen molar-refractivity contribution in [3.63, 3.8) is 0 Å². The third-order valence-electron chi connectivity index (χ3n) is 4.93. The van der Waals surface area contributed by atoms with Crippen LogP contribution < -0.4 is 0 Å². The Balaban J connectivity index is 1.85. The summed E-state index contributed by atoms with van der Waals surface area (Å²) in [6, 6.07) is 4.97. The fraction of sp³-hybridized carbons (Fsp3) is 0.333. The van der Waals surface area contributed by atoms with Gasteiger partial charge in [0.2, 0.25) is 0 Å². The number of amidine groups is 1. The van der Waals surface area contributed by atoms with E-state index < -0.39 is 24.1 Å². The SMILES string of the molecule is N#CC1=CN2C[C@@]3(CC[C@@H](F)c4c3ccc(Br)c4F)N=C2C(OC(F)F)=C1. The van der Waals surface area contributed by atoms with Crippen LogP contribution in [0.5, 0.6) is 0 Å². The minimum atomic E-state index is -3.09. The fourth-order valence-corrected chi connectivity index (χ4v) is 4.17. The van der Waals surface area contributed by atoms with E-state index in [-0.39, 0.29) is 46.6 Å². The van der Waals surface area contributed by atoms with Crippen molar-refractivity contribution in [2.45, 2.75) is 31.2 Å². The smallest absolute Gasteiger partial charge is 0.387 e. The molecule has 0 saturated carbocycles. The standard InChI is InChI=1S/C18H12BrF4N3O/c19-11-2-1-10-14(15(11)21)12(20)3-4-18(10)8-26-7-9(6-24)5-13(16(26)25-18)27-17(22)23/h1-2,5,7,12,17H,3-4,8H2/t12-,18-/m1/s1. The molecule has 0 unspecified atom stereocenters. The first kappa shape index (κ1) is 18.0. The predicted molar refractivity (Wildman–Crippen MR) is 91.9 cm³/mol. The Kier molecular flexibility index (Phi) is 4.26. The summed E-state index contributed by atoms with van der Waals surface area (Å²) in [5.74, 6) is -0.791. The Bertz CT molecular complexity index is 953. The molecule has 0 bridgehead atoms. The summed E-state index contributed by atoms with van der Waals surface area (Å²) in [4.78, 5) is 6.09. The van der Waals surface area contributed by atoms with E-state index in [1.165, 1.54) is 23.2 Å². The third-order valence-corrected chi connectivity index (χ3v) is 5.54. The number of hydrogen-bond acceptors (Lipinski definition) is 4. The van der Waals surface area contributed by atoms with Crippen molar-refractivity contribution in [3.05, 3.63) is 57.2 Å². The quantitative estimate of drug-likeness (QED) is 0.616. The molecular formula is C18H12BrF4N3O. The molecule has 2 atom stereocenters. The van der Waals surface area contributed by atoms with E-state index in [1.54, 1.807) is 6.07 Å². The molecule has 0 saturated heterocycles. The van der Waals surface area contributed by atoms with E-state index >= 15 is 0 Å². The number of nitrogens with zero attached hydrogens (tertiary/aromatic N) is 3. The summed E-state index contributed by atoms with van der Waals surface area (Å²) in [5, 5.41) is 9.15. The van der Waals surface area contributed by atoms with Gasteiger partial charge in [-0.25, -0.2) is 8.78 Å². The number of hydrogen-bond donors (Lipinski definition) is 0. The van der Waals surface area contributed by atoms with Crippen LogP contribution >= 0.6 is 15.9 Å². The molecule has 0 aromatic heterocycles. The van der Waals surface area contributed by atoms with Gasteiger partial charge >= 0.3 is 6.61 Å². The second-order valence-electron chi connectivity index (χ2n) is 6.51. The monoisotopic (exact) mass is 441 g/mol. The van der Waals surface area contributed by atoms with Crippen molar-refractivity contribution in [1.82, 2.24) is 4.90 Å². The van der Waals surface area contributed by atoms with Crippen molar-refractivity contribution in [2.75, 3.05) is 6.54 Å². The van der Waals surface area contributed by atoms with E-state index in [9.17, 15) is 17.6 Å². The number of aliphatic imine (C=N–C) groups is 1. The number of alkyl halides is 3. The van der Waals surface area contributed by atoms with Crippen molar-refractivity contribution in [1.29, 1.82) is 5.26 Å². The maximum atomic E-state index is 14.6. The van der Waals surface area contributed by atoms with Crippen LogP contribution in [0.3, 0.4) is 0 Å². The number of fused-ring (bicyclic) bond motifs is 3. The molecule has 1 spiro atoms. The van der Waals surface area contributed by atoms with Gasteiger partial charge in [-0.1, -0.05) is 6.07 Å². The minimum absolute atomic E-state index is 0.0502. The van der Waals surface area contributed by atoms with E-state index in [0.29, 0.717) is 5.56 Å². The summed E-state index contributed by atoms with van der Waals surface area (Å²) in [5.41, 5.74) is -0.555. The first-order valence-electron chi connectivity index (χ1n) is 8.12. The zero-order valence-corrected chi connectivity index (χ0v) is 15.3. The van der Waals surface area contributed by atoms with Gasteiger partial charge < -0.3 is 9.64 Å². The molecule has 27 heavy (non-hydrogen) atoms. The van der Waals surface area contributed by atoms with Gasteiger partial charge in [0, 0.05) is 17.8 Å². The number of nitriles is 1. The molecule has 0 N–H and O–H groups in total. The topological polar surface area (TPSA) is 48.6 Å². The van der Waals surface area contributed by atoms with E-state index in [4.69, 9.17) is 5.26 Å². The molecule has 0 amide bonds. The maximum absolute atomic E-state index is 14.6. The Morgan fingerprint density at radius 1 is 1.41 bits per heavy atom. The van der Waals surface area contributed by atoms with Gasteiger partial charge in [-0.3, -0.25) is 4.99 Å². The molecule has 0 fully saturated rings. The molecule has 2 aliphatic heterocycles. The van der Waals surface area contributed by atoms with E-state index in [2.05, 4.69) is 25.7 Å². The van der Waals surface area contributed by atoms with Crippen LogP contribution in [0.1, 0.15) is 30.1 Å². The summed E-state index contributed by atoms with van der Waals surface area (Å²) in [6.45, 7) is -2.91. The summed E-state index contributed by atoms with van der Waals surface area (Å²) >= 11 is 3.07. The zero-order chi connectivity index (χ0) is 19.3. The lowest BCUT2D eigenvalue weighted by atomic mass is 9.76. The maximum Gasteiger partial charge on any atom is 0.387 e. The summed E-state index contributed by atoms with van der Waals surface area (Å²) in [7, 11) is 0. The second-order valence-corrected chi connectivity index (χ2v) is 7.36. The molecule has 9 heteroatoms. The molecular weight excluding hydrogens is 430 g/mol. The average Bonchev–Trinajstić information content (AvgIpc) is 3.00. The highest BCUT2D eigenvalue weighted by Gasteiger charge is 2.48. The molecule has 2 heterocycles. The van der Waals surface area contributed by atoms with Gasteiger partial charge in [-0.05, 0) is 40.4 Å². The molecule has 4 rings (SSSR count). The summed E-state index contributed by atoms with van der Waals surface area (Å²) in [6.07, 6.45) is 1.51. The Morgan fingerprint density at radius 3 is 2.89 bits per heavy atom. The van der Waals surface area contributed by atoms with E-state index in [1.807, 2.05) is 6.07 Å². The molecule has 3 aliphatic rings. The van der Waals surface area contributed by atoms with Crippen LogP contribution in [0.15, 0.2) is 45.2 Å². The normalized spacial score (nSPS) is 26.2. The number of allylic oxidation sites excluding steroid dienone is 2. The highest BCUT2D eigenvalue weighted by molar-refractivity contribution is 9.10. The molecule has 1 aliphatic carbocycles. The van der Waals surface area contributed by atoms with E-state index in [0.717, 1.165) is 0 Å². The van der Waals surface area contributed by atoms with Gasteiger partial charge in [-0.2, -0.15) is 14.0 Å². The van der Waals surface area contributed by atoms with Crippen LogP contribution in [0, 0.1) is 17.1 Å².